The van der Waals surface area contributed by atoms with Gasteiger partial charge in [0.15, 0.2) is 6.04 Å². The summed E-state index contributed by atoms with van der Waals surface area (Å²) in [6.07, 6.45) is 0. The highest BCUT2D eigenvalue weighted by Gasteiger charge is 2.20. The van der Waals surface area contributed by atoms with E-state index in [9.17, 15) is 14.4 Å². The molecule has 25 heavy (non-hydrogen) atoms. The van der Waals surface area contributed by atoms with E-state index in [1.165, 1.54) is 19.1 Å². The highest BCUT2D eigenvalue weighted by atomic mass is 16.5. The van der Waals surface area contributed by atoms with Crippen LogP contribution in [0, 0.1) is 0 Å². The standard InChI is InChI=1S/C17H19N3O5/c1-4-25-17(23)11(2)20-15(21)10-9-14(19-20)16(22)18-12-5-7-13(24-3)8-6-12/h5-11H,4H2,1-3H3,(H,18,22). The second kappa shape index (κ2) is 8.09. The van der Waals surface area contributed by atoms with Crippen molar-refractivity contribution in [2.45, 2.75) is 19.9 Å². The Kier molecular flexibility index (Phi) is 5.89. The SMILES string of the molecule is CCOC(=O)C(C)n1nc(C(=O)Nc2ccc(OC)cc2)ccc1=O. The number of esters is 1. The number of rotatable bonds is 6. The highest BCUT2D eigenvalue weighted by Crippen LogP contribution is 2.15. The maximum Gasteiger partial charge on any atom is 0.330 e. The molecule has 1 heterocycles. The topological polar surface area (TPSA) is 99.5 Å². The zero-order valence-corrected chi connectivity index (χ0v) is 14.2. The van der Waals surface area contributed by atoms with E-state index in [1.54, 1.807) is 38.3 Å². The van der Waals surface area contributed by atoms with Crippen LogP contribution >= 0.6 is 0 Å². The van der Waals surface area contributed by atoms with Crippen LogP contribution in [-0.2, 0) is 9.53 Å². The largest absolute Gasteiger partial charge is 0.497 e. The summed E-state index contributed by atoms with van der Waals surface area (Å²) >= 11 is 0. The average Bonchev–Trinajstić information content (AvgIpc) is 2.62. The minimum absolute atomic E-state index is 0.00608. The molecule has 2 rings (SSSR count). The molecule has 2 aromatic rings. The first-order chi connectivity index (χ1) is 12.0. The fraction of sp³-hybridized carbons (Fsp3) is 0.294. The Morgan fingerprint density at radius 3 is 2.48 bits per heavy atom. The van der Waals surface area contributed by atoms with E-state index in [4.69, 9.17) is 9.47 Å². The molecule has 132 valence electrons. The highest BCUT2D eigenvalue weighted by molar-refractivity contribution is 6.02. The second-order valence-electron chi connectivity index (χ2n) is 5.11. The molecule has 0 aliphatic carbocycles. The Hall–Kier alpha value is -3.16. The number of methoxy groups -OCH3 is 1. The quantitative estimate of drug-likeness (QED) is 0.799. The van der Waals surface area contributed by atoms with Crippen molar-refractivity contribution in [1.29, 1.82) is 0 Å². The molecule has 8 heteroatoms. The third kappa shape index (κ3) is 4.43. The van der Waals surface area contributed by atoms with Crippen LogP contribution in [-0.4, -0.2) is 35.4 Å². The normalized spacial score (nSPS) is 11.5. The summed E-state index contributed by atoms with van der Waals surface area (Å²) in [6, 6.07) is 8.31. The summed E-state index contributed by atoms with van der Waals surface area (Å²) in [5.74, 6) is -0.437. The monoisotopic (exact) mass is 345 g/mol. The predicted octanol–water partition coefficient (Wildman–Crippen LogP) is 1.63. The second-order valence-corrected chi connectivity index (χ2v) is 5.11. The summed E-state index contributed by atoms with van der Waals surface area (Å²) in [4.78, 5) is 36.0. The molecule has 1 aromatic heterocycles. The van der Waals surface area contributed by atoms with Gasteiger partial charge in [-0.05, 0) is 44.2 Å². The molecule has 0 aliphatic heterocycles. The van der Waals surface area contributed by atoms with Crippen molar-refractivity contribution in [2.24, 2.45) is 0 Å². The number of benzene rings is 1. The molecular weight excluding hydrogens is 326 g/mol. The summed E-state index contributed by atoms with van der Waals surface area (Å²) in [6.45, 7) is 3.34. The van der Waals surface area contributed by atoms with Gasteiger partial charge in [0, 0.05) is 11.8 Å². The Labute approximate surface area is 144 Å². The molecule has 1 aromatic carbocycles. The number of aromatic nitrogens is 2. The van der Waals surface area contributed by atoms with E-state index in [-0.39, 0.29) is 12.3 Å². The maximum absolute atomic E-state index is 12.3. The average molecular weight is 345 g/mol. The van der Waals surface area contributed by atoms with Crippen LogP contribution in [0.4, 0.5) is 5.69 Å². The zero-order valence-electron chi connectivity index (χ0n) is 14.2. The number of hydrogen-bond acceptors (Lipinski definition) is 6. The van der Waals surface area contributed by atoms with Gasteiger partial charge in [-0.3, -0.25) is 9.59 Å². The summed E-state index contributed by atoms with van der Waals surface area (Å²) in [5, 5.41) is 6.63. The van der Waals surface area contributed by atoms with Crippen LogP contribution in [0.1, 0.15) is 30.4 Å². The number of carbonyl (C=O) groups is 2. The van der Waals surface area contributed by atoms with Crippen molar-refractivity contribution in [3.8, 4) is 5.75 Å². The minimum atomic E-state index is -0.929. The first-order valence-electron chi connectivity index (χ1n) is 7.68. The molecule has 0 radical (unpaired) electrons. The molecule has 1 amide bonds. The number of anilines is 1. The van der Waals surface area contributed by atoms with Crippen LogP contribution in [0.15, 0.2) is 41.2 Å². The number of nitrogens with one attached hydrogen (secondary N) is 1. The summed E-state index contributed by atoms with van der Waals surface area (Å²) < 4.78 is 10.9. The Morgan fingerprint density at radius 2 is 1.88 bits per heavy atom. The van der Waals surface area contributed by atoms with Gasteiger partial charge < -0.3 is 14.8 Å². The van der Waals surface area contributed by atoms with E-state index in [1.807, 2.05) is 0 Å². The van der Waals surface area contributed by atoms with Crippen molar-refractivity contribution in [2.75, 3.05) is 19.0 Å². The van der Waals surface area contributed by atoms with Crippen LogP contribution in [0.25, 0.3) is 0 Å². The number of carbonyl (C=O) groups excluding carboxylic acids is 2. The van der Waals surface area contributed by atoms with Gasteiger partial charge in [-0.15, -0.1) is 0 Å². The van der Waals surface area contributed by atoms with Gasteiger partial charge in [0.1, 0.15) is 11.4 Å². The van der Waals surface area contributed by atoms with Crippen LogP contribution in [0.2, 0.25) is 0 Å². The molecule has 0 bridgehead atoms. The van der Waals surface area contributed by atoms with Gasteiger partial charge in [0.05, 0.1) is 13.7 Å². The van der Waals surface area contributed by atoms with Crippen LogP contribution in [0.5, 0.6) is 5.75 Å². The fourth-order valence-corrected chi connectivity index (χ4v) is 2.06. The molecule has 0 fully saturated rings. The third-order valence-electron chi connectivity index (χ3n) is 3.40. The molecule has 0 saturated heterocycles. The van der Waals surface area contributed by atoms with Gasteiger partial charge >= 0.3 is 5.97 Å². The van der Waals surface area contributed by atoms with Crippen molar-refractivity contribution in [1.82, 2.24) is 9.78 Å². The molecule has 0 saturated carbocycles. The Balaban J connectivity index is 2.21. The Bertz CT molecular complexity index is 814. The van der Waals surface area contributed by atoms with Gasteiger partial charge in [-0.25, -0.2) is 9.48 Å². The van der Waals surface area contributed by atoms with Gasteiger partial charge in [-0.1, -0.05) is 0 Å². The number of nitrogens with zero attached hydrogens (tertiary/aromatic N) is 2. The number of hydrogen-bond donors (Lipinski definition) is 1. The lowest BCUT2D eigenvalue weighted by Gasteiger charge is -2.13. The maximum atomic E-state index is 12.3. The minimum Gasteiger partial charge on any atom is -0.497 e. The van der Waals surface area contributed by atoms with E-state index in [0.29, 0.717) is 11.4 Å². The molecular formula is C17H19N3O5. The molecule has 1 unspecified atom stereocenters. The van der Waals surface area contributed by atoms with Gasteiger partial charge in [-0.2, -0.15) is 5.10 Å². The lowest BCUT2D eigenvalue weighted by Crippen LogP contribution is -2.32. The number of ether oxygens (including phenoxy) is 2. The van der Waals surface area contributed by atoms with Gasteiger partial charge in [0.2, 0.25) is 0 Å². The first kappa shape index (κ1) is 18.2. The van der Waals surface area contributed by atoms with Crippen molar-refractivity contribution in [3.05, 3.63) is 52.4 Å². The van der Waals surface area contributed by atoms with E-state index >= 15 is 0 Å². The van der Waals surface area contributed by atoms with E-state index < -0.39 is 23.5 Å². The first-order valence-corrected chi connectivity index (χ1v) is 7.68. The van der Waals surface area contributed by atoms with Crippen LogP contribution in [0.3, 0.4) is 0 Å². The molecule has 1 atom stereocenters. The van der Waals surface area contributed by atoms with Crippen LogP contribution < -0.4 is 15.6 Å². The summed E-state index contributed by atoms with van der Waals surface area (Å²) in [5.41, 5.74) is 0.0527. The van der Waals surface area contributed by atoms with Crippen molar-refractivity contribution < 1.29 is 19.1 Å². The lowest BCUT2D eigenvalue weighted by molar-refractivity contribution is -0.147. The predicted molar refractivity (Wildman–Crippen MR) is 90.8 cm³/mol. The lowest BCUT2D eigenvalue weighted by atomic mass is 10.3. The van der Waals surface area contributed by atoms with E-state index in [2.05, 4.69) is 10.4 Å². The summed E-state index contributed by atoms with van der Waals surface area (Å²) in [7, 11) is 1.55. The number of amides is 1. The van der Waals surface area contributed by atoms with Crippen molar-refractivity contribution >= 4 is 17.6 Å². The molecule has 1 N–H and O–H groups in total. The smallest absolute Gasteiger partial charge is 0.330 e. The van der Waals surface area contributed by atoms with Gasteiger partial charge in [0.25, 0.3) is 11.5 Å². The van der Waals surface area contributed by atoms with Crippen molar-refractivity contribution in [3.63, 3.8) is 0 Å². The molecule has 8 nitrogen and oxygen atoms in total. The zero-order chi connectivity index (χ0) is 18.4. The third-order valence-corrected chi connectivity index (χ3v) is 3.40. The molecule has 0 spiro atoms. The fourth-order valence-electron chi connectivity index (χ4n) is 2.06. The Morgan fingerprint density at radius 1 is 1.20 bits per heavy atom. The van der Waals surface area contributed by atoms with E-state index in [0.717, 1.165) is 4.68 Å². The molecule has 0 aliphatic rings.